The van der Waals surface area contributed by atoms with Gasteiger partial charge in [0, 0.05) is 6.04 Å². The molecule has 1 amide bonds. The second kappa shape index (κ2) is 10.1. The second-order valence-corrected chi connectivity index (χ2v) is 9.29. The Balaban J connectivity index is 1.53. The fourth-order valence-corrected chi connectivity index (χ4v) is 4.87. The number of rotatable bonds is 6. The fraction of sp³-hybridized carbons (Fsp3) is 0.400. The van der Waals surface area contributed by atoms with Gasteiger partial charge in [-0.05, 0) is 37.5 Å². The number of aryl methyl sites for hydroxylation is 1. The average molecular weight is 436 g/mol. The molecule has 3 aromatic rings. The Bertz CT molecular complexity index is 1100. The summed E-state index contributed by atoms with van der Waals surface area (Å²) >= 11 is 1.23. The van der Waals surface area contributed by atoms with Gasteiger partial charge in [0.1, 0.15) is 0 Å². The van der Waals surface area contributed by atoms with Gasteiger partial charge in [-0.15, -0.1) is 0 Å². The summed E-state index contributed by atoms with van der Waals surface area (Å²) in [4.78, 5) is 30.3. The first-order valence-electron chi connectivity index (χ1n) is 11.1. The number of hydrogen-bond donors (Lipinski definition) is 1. The Labute approximate surface area is 187 Å². The van der Waals surface area contributed by atoms with Crippen LogP contribution in [-0.2, 0) is 11.3 Å². The first-order chi connectivity index (χ1) is 15.1. The minimum absolute atomic E-state index is 0.0173. The maximum atomic E-state index is 13.3. The molecule has 1 aliphatic rings. The summed E-state index contributed by atoms with van der Waals surface area (Å²) < 4.78 is 1.76. The molecule has 1 saturated carbocycles. The zero-order chi connectivity index (χ0) is 21.6. The van der Waals surface area contributed by atoms with E-state index in [-0.39, 0.29) is 23.3 Å². The van der Waals surface area contributed by atoms with E-state index < -0.39 is 0 Å². The van der Waals surface area contributed by atoms with Crippen molar-refractivity contribution in [3.8, 4) is 0 Å². The molecule has 0 atom stereocenters. The fourth-order valence-electron chi connectivity index (χ4n) is 4.12. The number of benzene rings is 2. The summed E-state index contributed by atoms with van der Waals surface area (Å²) in [5.41, 5.74) is 3.67. The SMILES string of the molecule is Cc1ccc(Cn2c(=O)c(SCC(=O)NC3CCCCCC3)nc3ccccc32)cc1. The number of carbonyl (C=O) groups excluding carboxylic acids is 1. The Morgan fingerprint density at radius 3 is 2.52 bits per heavy atom. The van der Waals surface area contributed by atoms with E-state index >= 15 is 0 Å². The topological polar surface area (TPSA) is 64.0 Å². The predicted molar refractivity (Wildman–Crippen MR) is 127 cm³/mol. The van der Waals surface area contributed by atoms with Crippen LogP contribution in [0.2, 0.25) is 0 Å². The molecule has 0 unspecified atom stereocenters. The summed E-state index contributed by atoms with van der Waals surface area (Å²) in [6.07, 6.45) is 6.95. The quantitative estimate of drug-likeness (QED) is 0.451. The number of para-hydroxylation sites is 2. The summed E-state index contributed by atoms with van der Waals surface area (Å²) in [6.45, 7) is 2.52. The van der Waals surface area contributed by atoms with Crippen LogP contribution in [0.25, 0.3) is 11.0 Å². The van der Waals surface area contributed by atoms with Gasteiger partial charge in [0.15, 0.2) is 5.03 Å². The van der Waals surface area contributed by atoms with Crippen LogP contribution in [-0.4, -0.2) is 27.3 Å². The van der Waals surface area contributed by atoms with E-state index in [1.807, 2.05) is 43.3 Å². The van der Waals surface area contributed by atoms with Crippen LogP contribution in [0.1, 0.15) is 49.7 Å². The first kappa shape index (κ1) is 21.6. The monoisotopic (exact) mass is 435 g/mol. The number of carbonyl (C=O) groups is 1. The minimum atomic E-state index is -0.147. The van der Waals surface area contributed by atoms with Crippen molar-refractivity contribution in [2.75, 3.05) is 5.75 Å². The van der Waals surface area contributed by atoms with E-state index in [1.54, 1.807) is 4.57 Å². The molecule has 0 bridgehead atoms. The van der Waals surface area contributed by atoms with Gasteiger partial charge in [-0.2, -0.15) is 0 Å². The number of fused-ring (bicyclic) bond motifs is 1. The van der Waals surface area contributed by atoms with E-state index in [1.165, 1.54) is 43.0 Å². The van der Waals surface area contributed by atoms with Crippen LogP contribution < -0.4 is 10.9 Å². The Kier molecular flexibility index (Phi) is 7.07. The van der Waals surface area contributed by atoms with Crippen LogP contribution in [0.3, 0.4) is 0 Å². The van der Waals surface area contributed by atoms with Crippen LogP contribution in [0, 0.1) is 6.92 Å². The molecule has 1 aliphatic carbocycles. The van der Waals surface area contributed by atoms with E-state index in [4.69, 9.17) is 0 Å². The highest BCUT2D eigenvalue weighted by atomic mass is 32.2. The molecule has 31 heavy (non-hydrogen) atoms. The van der Waals surface area contributed by atoms with Crippen molar-refractivity contribution in [3.63, 3.8) is 0 Å². The molecule has 5 nitrogen and oxygen atoms in total. The Morgan fingerprint density at radius 2 is 1.77 bits per heavy atom. The third-order valence-corrected chi connectivity index (χ3v) is 6.79. The largest absolute Gasteiger partial charge is 0.353 e. The van der Waals surface area contributed by atoms with Gasteiger partial charge < -0.3 is 5.32 Å². The lowest BCUT2D eigenvalue weighted by Crippen LogP contribution is -2.35. The van der Waals surface area contributed by atoms with Gasteiger partial charge in [-0.3, -0.25) is 14.2 Å². The van der Waals surface area contributed by atoms with Crippen molar-refractivity contribution in [1.29, 1.82) is 0 Å². The lowest BCUT2D eigenvalue weighted by atomic mass is 10.1. The van der Waals surface area contributed by atoms with Gasteiger partial charge in [0.2, 0.25) is 5.91 Å². The number of hydrogen-bond acceptors (Lipinski definition) is 4. The van der Waals surface area contributed by atoms with Crippen LogP contribution in [0.5, 0.6) is 0 Å². The van der Waals surface area contributed by atoms with Gasteiger partial charge >= 0.3 is 0 Å². The van der Waals surface area contributed by atoms with Crippen molar-refractivity contribution in [2.24, 2.45) is 0 Å². The van der Waals surface area contributed by atoms with Crippen LogP contribution >= 0.6 is 11.8 Å². The maximum absolute atomic E-state index is 13.3. The summed E-state index contributed by atoms with van der Waals surface area (Å²) in [6, 6.07) is 16.1. The standard InChI is InChI=1S/C25H29N3O2S/c1-18-12-14-19(15-13-18)16-28-22-11-7-6-10-21(22)27-24(25(28)30)31-17-23(29)26-20-8-4-2-3-5-9-20/h6-7,10-15,20H,2-5,8-9,16-17H2,1H3,(H,26,29). The number of thioether (sulfide) groups is 1. The molecular weight excluding hydrogens is 406 g/mol. The predicted octanol–water partition coefficient (Wildman–Crippen LogP) is 4.68. The van der Waals surface area contributed by atoms with E-state index in [2.05, 4.69) is 22.4 Å². The highest BCUT2D eigenvalue weighted by molar-refractivity contribution is 7.99. The molecule has 162 valence electrons. The lowest BCUT2D eigenvalue weighted by Gasteiger charge is -2.16. The highest BCUT2D eigenvalue weighted by Gasteiger charge is 2.17. The maximum Gasteiger partial charge on any atom is 0.283 e. The number of aromatic nitrogens is 2. The number of nitrogens with zero attached hydrogens (tertiary/aromatic N) is 2. The number of amides is 1. The second-order valence-electron chi connectivity index (χ2n) is 8.33. The first-order valence-corrected chi connectivity index (χ1v) is 12.1. The average Bonchev–Trinajstić information content (AvgIpc) is 3.04. The molecule has 2 aromatic carbocycles. The van der Waals surface area contributed by atoms with Crippen molar-refractivity contribution >= 4 is 28.7 Å². The summed E-state index contributed by atoms with van der Waals surface area (Å²) in [7, 11) is 0. The molecular formula is C25H29N3O2S. The van der Waals surface area contributed by atoms with Gasteiger partial charge in [-0.1, -0.05) is 79.4 Å². The van der Waals surface area contributed by atoms with Crippen LogP contribution in [0.15, 0.2) is 58.4 Å². The Morgan fingerprint density at radius 1 is 1.06 bits per heavy atom. The molecule has 4 rings (SSSR count). The van der Waals surface area contributed by atoms with Gasteiger partial charge in [-0.25, -0.2) is 4.98 Å². The molecule has 1 heterocycles. The molecule has 1 aromatic heterocycles. The highest BCUT2D eigenvalue weighted by Crippen LogP contribution is 2.20. The van der Waals surface area contributed by atoms with Gasteiger partial charge in [0.25, 0.3) is 5.56 Å². The van der Waals surface area contributed by atoms with E-state index in [0.717, 1.165) is 29.4 Å². The van der Waals surface area contributed by atoms with Crippen molar-refractivity contribution in [2.45, 2.75) is 63.1 Å². The summed E-state index contributed by atoms with van der Waals surface area (Å²) in [5.74, 6) is 0.193. The minimum Gasteiger partial charge on any atom is -0.353 e. The molecule has 1 fully saturated rings. The smallest absolute Gasteiger partial charge is 0.283 e. The molecule has 0 saturated heterocycles. The lowest BCUT2D eigenvalue weighted by molar-refractivity contribution is -0.119. The third kappa shape index (κ3) is 5.56. The zero-order valence-corrected chi connectivity index (χ0v) is 18.8. The third-order valence-electron chi connectivity index (χ3n) is 5.84. The van der Waals surface area contributed by atoms with Gasteiger partial charge in [0.05, 0.1) is 23.3 Å². The number of nitrogens with one attached hydrogen (secondary N) is 1. The molecule has 6 heteroatoms. The van der Waals surface area contributed by atoms with E-state index in [9.17, 15) is 9.59 Å². The molecule has 1 N–H and O–H groups in total. The summed E-state index contributed by atoms with van der Waals surface area (Å²) in [5, 5.41) is 3.53. The van der Waals surface area contributed by atoms with E-state index in [0.29, 0.717) is 11.6 Å². The zero-order valence-electron chi connectivity index (χ0n) is 18.0. The van der Waals surface area contributed by atoms with Crippen molar-refractivity contribution < 1.29 is 4.79 Å². The van der Waals surface area contributed by atoms with Crippen LogP contribution in [0.4, 0.5) is 0 Å². The van der Waals surface area contributed by atoms with Crippen molar-refractivity contribution in [1.82, 2.24) is 14.9 Å². The Hall–Kier alpha value is -2.60. The molecule has 0 spiro atoms. The normalized spacial score (nSPS) is 15.0. The molecule has 0 radical (unpaired) electrons. The molecule has 0 aliphatic heterocycles. The van der Waals surface area contributed by atoms with Crippen molar-refractivity contribution in [3.05, 3.63) is 70.0 Å².